The highest BCUT2D eigenvalue weighted by molar-refractivity contribution is 7.25. The lowest BCUT2D eigenvalue weighted by Crippen LogP contribution is -2.09. The maximum atomic E-state index is 6.23. The standard InChI is InChI=1S/C57H39NOS/c1-4-13-38(14-5-1)41-31-42(33-43(32-41)50(47-21-12-15-40-34-51(40)47)29-37-23-27-55-52(30-37)48-20-10-11-22-54(48)59-55)39-24-26-49-53-36-46(25-28-56(53)60-57(49)35-39)58(44-16-6-2-7-17-44)45-18-8-3-9-19-45/h1-33,35-36,40,51H,34H2/b50-29-. The van der Waals surface area contributed by atoms with E-state index in [0.29, 0.717) is 11.8 Å². The van der Waals surface area contributed by atoms with Gasteiger partial charge >= 0.3 is 0 Å². The zero-order valence-electron chi connectivity index (χ0n) is 32.8. The van der Waals surface area contributed by atoms with Crippen LogP contribution in [0.5, 0.6) is 0 Å². The van der Waals surface area contributed by atoms with Crippen LogP contribution >= 0.6 is 11.3 Å². The number of hydrogen-bond acceptors (Lipinski definition) is 3. The number of hydrogen-bond donors (Lipinski definition) is 0. The van der Waals surface area contributed by atoms with Gasteiger partial charge in [0.25, 0.3) is 0 Å². The smallest absolute Gasteiger partial charge is 0.135 e. The predicted octanol–water partition coefficient (Wildman–Crippen LogP) is 16.4. The summed E-state index contributed by atoms with van der Waals surface area (Å²) in [6.07, 6.45) is 10.6. The van der Waals surface area contributed by atoms with Gasteiger partial charge in [-0.3, -0.25) is 0 Å². The molecule has 2 unspecified atom stereocenters. The molecule has 2 aliphatic rings. The third kappa shape index (κ3) is 6.18. The first-order valence-corrected chi connectivity index (χ1v) is 21.6. The van der Waals surface area contributed by atoms with Crippen molar-refractivity contribution in [3.8, 4) is 22.3 Å². The largest absolute Gasteiger partial charge is 0.456 e. The van der Waals surface area contributed by atoms with E-state index in [-0.39, 0.29) is 0 Å². The molecule has 2 nitrogen and oxygen atoms in total. The van der Waals surface area contributed by atoms with Gasteiger partial charge in [0.05, 0.1) is 0 Å². The van der Waals surface area contributed by atoms with Gasteiger partial charge in [0.15, 0.2) is 0 Å². The van der Waals surface area contributed by atoms with Crippen LogP contribution in [-0.4, -0.2) is 0 Å². The quantitative estimate of drug-likeness (QED) is 0.143. The molecule has 0 spiro atoms. The molecule has 2 atom stereocenters. The highest BCUT2D eigenvalue weighted by atomic mass is 32.1. The summed E-state index contributed by atoms with van der Waals surface area (Å²) < 4.78 is 8.80. The Bertz CT molecular complexity index is 3310. The van der Waals surface area contributed by atoms with Crippen LogP contribution in [0.1, 0.15) is 17.5 Å². The van der Waals surface area contributed by atoms with E-state index in [1.54, 1.807) is 0 Å². The first-order chi connectivity index (χ1) is 29.7. The average Bonchev–Trinajstić information content (AvgIpc) is 3.90. The molecule has 0 amide bonds. The van der Waals surface area contributed by atoms with Crippen molar-refractivity contribution in [3.63, 3.8) is 0 Å². The van der Waals surface area contributed by atoms with Crippen molar-refractivity contribution in [2.75, 3.05) is 4.90 Å². The zero-order valence-corrected chi connectivity index (χ0v) is 33.6. The van der Waals surface area contributed by atoms with E-state index in [9.17, 15) is 0 Å². The Hall–Kier alpha value is -7.20. The molecule has 1 fully saturated rings. The lowest BCUT2D eigenvalue weighted by molar-refractivity contribution is 0.669. The second-order valence-corrected chi connectivity index (χ2v) is 17.2. The molecule has 10 aromatic rings. The molecule has 0 aliphatic heterocycles. The highest BCUT2D eigenvalue weighted by Crippen LogP contribution is 2.52. The molecular weight excluding hydrogens is 747 g/mol. The van der Waals surface area contributed by atoms with E-state index in [4.69, 9.17) is 4.42 Å². The first kappa shape index (κ1) is 34.8. The maximum Gasteiger partial charge on any atom is 0.135 e. The van der Waals surface area contributed by atoms with Crippen molar-refractivity contribution in [3.05, 3.63) is 223 Å². The summed E-state index contributed by atoms with van der Waals surface area (Å²) in [5.41, 5.74) is 15.2. The summed E-state index contributed by atoms with van der Waals surface area (Å²) >= 11 is 1.87. The van der Waals surface area contributed by atoms with E-state index in [1.807, 2.05) is 17.4 Å². The monoisotopic (exact) mass is 785 g/mol. The molecule has 0 saturated heterocycles. The topological polar surface area (TPSA) is 16.4 Å². The van der Waals surface area contributed by atoms with Crippen LogP contribution in [0.15, 0.2) is 216 Å². The second-order valence-electron chi connectivity index (χ2n) is 16.1. The molecule has 2 aliphatic carbocycles. The molecule has 0 radical (unpaired) electrons. The lowest BCUT2D eigenvalue weighted by atomic mass is 9.86. The number of fused-ring (bicyclic) bond motifs is 7. The fraction of sp³-hybridized carbons (Fsp3) is 0.0526. The zero-order chi connectivity index (χ0) is 39.6. The molecule has 0 bridgehead atoms. The summed E-state index contributed by atoms with van der Waals surface area (Å²) in [4.78, 5) is 2.34. The van der Waals surface area contributed by atoms with Gasteiger partial charge in [-0.2, -0.15) is 0 Å². The van der Waals surface area contributed by atoms with Crippen LogP contribution in [0, 0.1) is 11.8 Å². The van der Waals surface area contributed by atoms with Crippen LogP contribution in [0.3, 0.4) is 0 Å². The Balaban J connectivity index is 1.00. The minimum atomic E-state index is 0.545. The van der Waals surface area contributed by atoms with Crippen LogP contribution < -0.4 is 4.90 Å². The third-order valence-corrected chi connectivity index (χ3v) is 13.5. The fourth-order valence-electron chi connectivity index (χ4n) is 9.27. The van der Waals surface area contributed by atoms with E-state index < -0.39 is 0 Å². The molecule has 8 aromatic carbocycles. The van der Waals surface area contributed by atoms with Crippen LogP contribution in [0.4, 0.5) is 17.1 Å². The predicted molar refractivity (Wildman–Crippen MR) is 255 cm³/mol. The molecular formula is C57H39NOS. The molecule has 1 saturated carbocycles. The van der Waals surface area contributed by atoms with Crippen molar-refractivity contribution in [1.82, 2.24) is 0 Å². The minimum Gasteiger partial charge on any atom is -0.456 e. The van der Waals surface area contributed by atoms with Crippen molar-refractivity contribution >= 4 is 82.2 Å². The number of thiophene rings is 1. The second kappa shape index (κ2) is 14.3. The van der Waals surface area contributed by atoms with Crippen LogP contribution in [0.25, 0.3) is 76.0 Å². The Morgan fingerprint density at radius 1 is 0.517 bits per heavy atom. The van der Waals surface area contributed by atoms with Gasteiger partial charge in [-0.15, -0.1) is 11.3 Å². The maximum absolute atomic E-state index is 6.23. The Morgan fingerprint density at radius 2 is 1.23 bits per heavy atom. The minimum absolute atomic E-state index is 0.545. The van der Waals surface area contributed by atoms with E-state index in [2.05, 4.69) is 211 Å². The van der Waals surface area contributed by atoms with Crippen LogP contribution in [-0.2, 0) is 0 Å². The Morgan fingerprint density at radius 3 is 2.03 bits per heavy atom. The molecule has 3 heteroatoms. The molecule has 284 valence electrons. The number of nitrogens with zero attached hydrogens (tertiary/aromatic N) is 1. The lowest BCUT2D eigenvalue weighted by Gasteiger charge is -2.25. The van der Waals surface area contributed by atoms with E-state index in [1.165, 1.54) is 71.1 Å². The summed E-state index contributed by atoms with van der Waals surface area (Å²) in [6.45, 7) is 0. The summed E-state index contributed by atoms with van der Waals surface area (Å²) in [7, 11) is 0. The highest BCUT2D eigenvalue weighted by Gasteiger charge is 2.40. The molecule has 60 heavy (non-hydrogen) atoms. The number of allylic oxidation sites excluding steroid dienone is 5. The van der Waals surface area contributed by atoms with Gasteiger partial charge in [-0.25, -0.2) is 0 Å². The van der Waals surface area contributed by atoms with Crippen molar-refractivity contribution in [2.45, 2.75) is 6.42 Å². The van der Waals surface area contributed by atoms with Gasteiger partial charge in [0.1, 0.15) is 11.2 Å². The van der Waals surface area contributed by atoms with Crippen molar-refractivity contribution in [2.24, 2.45) is 11.8 Å². The number of anilines is 3. The van der Waals surface area contributed by atoms with Gasteiger partial charge in [0, 0.05) is 48.0 Å². The summed E-state index contributed by atoms with van der Waals surface area (Å²) in [6, 6.07) is 68.3. The summed E-state index contributed by atoms with van der Waals surface area (Å²) in [5, 5.41) is 4.86. The number of furan rings is 1. The molecule has 12 rings (SSSR count). The molecule has 2 aromatic heterocycles. The molecule has 0 N–H and O–H groups in total. The van der Waals surface area contributed by atoms with Crippen LogP contribution in [0.2, 0.25) is 0 Å². The average molecular weight is 786 g/mol. The molecule has 2 heterocycles. The van der Waals surface area contributed by atoms with Gasteiger partial charge in [0.2, 0.25) is 0 Å². The van der Waals surface area contributed by atoms with Crippen molar-refractivity contribution < 1.29 is 4.42 Å². The summed E-state index contributed by atoms with van der Waals surface area (Å²) in [5.74, 6) is 1.16. The number of rotatable bonds is 8. The normalized spacial score (nSPS) is 16.1. The van der Waals surface area contributed by atoms with Gasteiger partial charge in [-0.05, 0) is 154 Å². The first-order valence-electron chi connectivity index (χ1n) is 20.8. The van der Waals surface area contributed by atoms with E-state index in [0.717, 1.165) is 39.0 Å². The Labute approximate surface area is 353 Å². The number of benzene rings is 8. The fourth-order valence-corrected chi connectivity index (χ4v) is 10.4. The number of para-hydroxylation sites is 3. The van der Waals surface area contributed by atoms with E-state index >= 15 is 0 Å². The third-order valence-electron chi connectivity index (χ3n) is 12.3. The SMILES string of the molecule is C1=CC2CC2C(/C(=C\c2ccc3oc4ccccc4c3c2)c2cc(-c3ccccc3)cc(-c3ccc4c(c3)sc3ccc(N(c5ccccc5)c5ccccc5)cc34)c2)=C1. The van der Waals surface area contributed by atoms with Gasteiger partial charge < -0.3 is 9.32 Å². The van der Waals surface area contributed by atoms with Crippen molar-refractivity contribution in [1.29, 1.82) is 0 Å². The van der Waals surface area contributed by atoms with Gasteiger partial charge in [-0.1, -0.05) is 121 Å². The Kier molecular flexibility index (Phi) is 8.28.